The fourth-order valence-corrected chi connectivity index (χ4v) is 3.92. The topological polar surface area (TPSA) is 59.1 Å². The highest BCUT2D eigenvalue weighted by Gasteiger charge is 2.09. The van der Waals surface area contributed by atoms with Crippen LogP contribution in [0, 0.1) is 0 Å². The van der Waals surface area contributed by atoms with Crippen LogP contribution in [-0.4, -0.2) is 17.1 Å². The Kier molecular flexibility index (Phi) is 9.57. The number of nitrogens with zero attached hydrogens (tertiary/aromatic N) is 2. The molecule has 0 atom stereocenters. The zero-order valence-corrected chi connectivity index (χ0v) is 20.1. The number of hydrogen-bond acceptors (Lipinski definition) is 6. The Morgan fingerprint density at radius 2 is 1.88 bits per heavy atom. The number of anilines is 2. The van der Waals surface area contributed by atoms with Crippen LogP contribution in [0.5, 0.6) is 0 Å². The van der Waals surface area contributed by atoms with Crippen LogP contribution in [0.2, 0.25) is 0 Å². The van der Waals surface area contributed by atoms with E-state index in [0.29, 0.717) is 23.2 Å². The SMILES string of the molecule is C=C/C=C(\C(=C)OC)c1cc(Nc2cccc(CSNCc3ccc(CCl)cc3)c2)ncn1. The van der Waals surface area contributed by atoms with Gasteiger partial charge in [0.05, 0.1) is 12.8 Å². The lowest BCUT2D eigenvalue weighted by molar-refractivity contribution is 0.312. The van der Waals surface area contributed by atoms with Crippen molar-refractivity contribution < 1.29 is 4.74 Å². The van der Waals surface area contributed by atoms with E-state index in [-0.39, 0.29) is 0 Å². The lowest BCUT2D eigenvalue weighted by Crippen LogP contribution is -2.04. The van der Waals surface area contributed by atoms with Gasteiger partial charge in [-0.05, 0) is 34.9 Å². The number of ether oxygens (including phenoxy) is 1. The molecule has 0 aliphatic heterocycles. The van der Waals surface area contributed by atoms with Crippen molar-refractivity contribution in [2.45, 2.75) is 18.2 Å². The second-order valence-corrected chi connectivity index (χ2v) is 8.25. The first-order chi connectivity index (χ1) is 16.1. The normalized spacial score (nSPS) is 11.2. The third-order valence-electron chi connectivity index (χ3n) is 4.77. The van der Waals surface area contributed by atoms with E-state index in [1.54, 1.807) is 25.1 Å². The molecule has 0 saturated carbocycles. The molecular formula is C26H27ClN4OS. The number of nitrogens with one attached hydrogen (secondary N) is 2. The average molecular weight is 479 g/mol. The summed E-state index contributed by atoms with van der Waals surface area (Å²) in [5.74, 6) is 2.57. The number of alkyl halides is 1. The number of benzene rings is 2. The molecule has 0 aliphatic rings. The van der Waals surface area contributed by atoms with Crippen molar-refractivity contribution in [3.05, 3.63) is 114 Å². The summed E-state index contributed by atoms with van der Waals surface area (Å²) in [6.45, 7) is 8.47. The van der Waals surface area contributed by atoms with Crippen molar-refractivity contribution in [1.82, 2.24) is 14.7 Å². The van der Waals surface area contributed by atoms with Gasteiger partial charge in [-0.25, -0.2) is 9.97 Å². The van der Waals surface area contributed by atoms with E-state index in [0.717, 1.165) is 29.1 Å². The molecule has 33 heavy (non-hydrogen) atoms. The minimum Gasteiger partial charge on any atom is -0.497 e. The molecule has 5 nitrogen and oxygen atoms in total. The van der Waals surface area contributed by atoms with Crippen LogP contribution in [0.25, 0.3) is 5.57 Å². The Morgan fingerprint density at radius 1 is 1.09 bits per heavy atom. The van der Waals surface area contributed by atoms with Crippen molar-refractivity contribution >= 4 is 40.6 Å². The predicted octanol–water partition coefficient (Wildman–Crippen LogP) is 6.63. The molecule has 2 aromatic carbocycles. The number of allylic oxidation sites excluding steroid dienone is 3. The Hall–Kier alpha value is -3.06. The van der Waals surface area contributed by atoms with E-state index in [9.17, 15) is 0 Å². The largest absolute Gasteiger partial charge is 0.497 e. The van der Waals surface area contributed by atoms with E-state index in [1.165, 1.54) is 17.5 Å². The van der Waals surface area contributed by atoms with Gasteiger partial charge in [-0.3, -0.25) is 4.72 Å². The van der Waals surface area contributed by atoms with Gasteiger partial charge >= 0.3 is 0 Å². The molecule has 7 heteroatoms. The van der Waals surface area contributed by atoms with E-state index in [4.69, 9.17) is 16.3 Å². The summed E-state index contributed by atoms with van der Waals surface area (Å²) >= 11 is 7.52. The molecule has 3 rings (SSSR count). The maximum atomic E-state index is 5.84. The Balaban J connectivity index is 1.59. The maximum absolute atomic E-state index is 5.84. The smallest absolute Gasteiger partial charge is 0.134 e. The second-order valence-electron chi connectivity index (χ2n) is 7.12. The second kappa shape index (κ2) is 12.8. The number of aromatic nitrogens is 2. The number of halogens is 1. The molecule has 3 aromatic rings. The number of hydrogen-bond donors (Lipinski definition) is 2. The highest BCUT2D eigenvalue weighted by molar-refractivity contribution is 7.96. The minimum absolute atomic E-state index is 0.515. The van der Waals surface area contributed by atoms with Crippen LogP contribution in [0.3, 0.4) is 0 Å². The van der Waals surface area contributed by atoms with E-state index >= 15 is 0 Å². The first kappa shape index (κ1) is 24.6. The lowest BCUT2D eigenvalue weighted by atomic mass is 10.1. The van der Waals surface area contributed by atoms with Gasteiger partial charge in [-0.1, -0.05) is 67.6 Å². The third-order valence-corrected chi connectivity index (χ3v) is 5.90. The molecule has 170 valence electrons. The van der Waals surface area contributed by atoms with Gasteiger partial charge in [0.2, 0.25) is 0 Å². The standard InChI is InChI=1S/C26H27ClN4OS/c1-4-6-24(19(2)32-3)25-14-26(29-18-28-25)31-23-8-5-7-22(13-23)17-33-30-16-21-11-9-20(15-27)10-12-21/h4-14,18,30H,1-2,15-17H2,3H3,(H,28,29,31)/b24-6+. The fraction of sp³-hybridized carbons (Fsp3) is 0.154. The van der Waals surface area contributed by atoms with Crippen LogP contribution in [0.4, 0.5) is 11.5 Å². The van der Waals surface area contributed by atoms with Gasteiger partial charge in [-0.15, -0.1) is 11.6 Å². The number of methoxy groups -OCH3 is 1. The minimum atomic E-state index is 0.515. The first-order valence-corrected chi connectivity index (χ1v) is 11.9. The van der Waals surface area contributed by atoms with E-state index in [1.807, 2.05) is 24.3 Å². The maximum Gasteiger partial charge on any atom is 0.134 e. The number of rotatable bonds is 12. The zero-order chi connectivity index (χ0) is 23.5. The fourth-order valence-electron chi connectivity index (χ4n) is 3.02. The van der Waals surface area contributed by atoms with Gasteiger partial charge in [0, 0.05) is 35.5 Å². The van der Waals surface area contributed by atoms with Gasteiger partial charge in [0.1, 0.15) is 17.9 Å². The van der Waals surface area contributed by atoms with Crippen LogP contribution >= 0.6 is 23.5 Å². The monoisotopic (exact) mass is 478 g/mol. The molecule has 0 aliphatic carbocycles. The van der Waals surface area contributed by atoms with Crippen molar-refractivity contribution in [2.75, 3.05) is 12.4 Å². The molecule has 0 radical (unpaired) electrons. The van der Waals surface area contributed by atoms with Gasteiger partial charge in [0.25, 0.3) is 0 Å². The molecule has 0 fully saturated rings. The Bertz CT molecular complexity index is 1120. The summed E-state index contributed by atoms with van der Waals surface area (Å²) in [5, 5.41) is 3.35. The van der Waals surface area contributed by atoms with Crippen molar-refractivity contribution in [1.29, 1.82) is 0 Å². The Labute approximate surface area is 204 Å². The molecule has 0 saturated heterocycles. The van der Waals surface area contributed by atoms with Crippen molar-refractivity contribution in [3.63, 3.8) is 0 Å². The summed E-state index contributed by atoms with van der Waals surface area (Å²) in [6, 6.07) is 18.4. The quantitative estimate of drug-likeness (QED) is 0.100. The van der Waals surface area contributed by atoms with Crippen LogP contribution in [-0.2, 0) is 22.9 Å². The van der Waals surface area contributed by atoms with Crippen LogP contribution < -0.4 is 10.0 Å². The zero-order valence-electron chi connectivity index (χ0n) is 18.6. The highest BCUT2D eigenvalue weighted by atomic mass is 35.5. The summed E-state index contributed by atoms with van der Waals surface area (Å²) in [5.41, 5.74) is 5.97. The summed E-state index contributed by atoms with van der Waals surface area (Å²) < 4.78 is 8.69. The third kappa shape index (κ3) is 7.49. The molecule has 0 bridgehead atoms. The molecule has 2 N–H and O–H groups in total. The molecule has 0 spiro atoms. The highest BCUT2D eigenvalue weighted by Crippen LogP contribution is 2.24. The summed E-state index contributed by atoms with van der Waals surface area (Å²) in [7, 11) is 1.58. The summed E-state index contributed by atoms with van der Waals surface area (Å²) in [4.78, 5) is 8.69. The van der Waals surface area contributed by atoms with Gasteiger partial charge in [0.15, 0.2) is 0 Å². The lowest BCUT2D eigenvalue weighted by Gasteiger charge is -2.11. The van der Waals surface area contributed by atoms with E-state index in [2.05, 4.69) is 69.6 Å². The molecule has 0 unspecified atom stereocenters. The van der Waals surface area contributed by atoms with Crippen LogP contribution in [0.1, 0.15) is 22.4 Å². The molecule has 1 heterocycles. The van der Waals surface area contributed by atoms with Crippen molar-refractivity contribution in [2.24, 2.45) is 0 Å². The average Bonchev–Trinajstić information content (AvgIpc) is 2.85. The van der Waals surface area contributed by atoms with Crippen LogP contribution in [0.15, 0.2) is 92.0 Å². The van der Waals surface area contributed by atoms with Crippen molar-refractivity contribution in [3.8, 4) is 0 Å². The van der Waals surface area contributed by atoms with Gasteiger partial charge in [-0.2, -0.15) is 0 Å². The summed E-state index contributed by atoms with van der Waals surface area (Å²) in [6.07, 6.45) is 5.01. The molecular weight excluding hydrogens is 452 g/mol. The predicted molar refractivity (Wildman–Crippen MR) is 140 cm³/mol. The molecule has 1 aromatic heterocycles. The van der Waals surface area contributed by atoms with E-state index < -0.39 is 0 Å². The van der Waals surface area contributed by atoms with Gasteiger partial charge < -0.3 is 10.1 Å². The first-order valence-electron chi connectivity index (χ1n) is 10.4. The Morgan fingerprint density at radius 3 is 2.61 bits per heavy atom. The molecule has 0 amide bonds.